The number of piperazine rings is 1. The van der Waals surface area contributed by atoms with E-state index in [2.05, 4.69) is 56.5 Å². The fourth-order valence-corrected chi connectivity index (χ4v) is 8.61. The number of hydrazine groups is 1. The van der Waals surface area contributed by atoms with E-state index in [1.807, 2.05) is 73.3 Å². The van der Waals surface area contributed by atoms with Crippen LogP contribution in [-0.2, 0) is 28.2 Å². The summed E-state index contributed by atoms with van der Waals surface area (Å²) in [5.41, 5.74) is 6.88. The molecule has 2 amide bonds. The molecule has 12 nitrogen and oxygen atoms in total. The van der Waals surface area contributed by atoms with Gasteiger partial charge < -0.3 is 24.0 Å². The Balaban J connectivity index is 0.818. The Kier molecular flexibility index (Phi) is 12.1. The molecule has 4 aromatic carbocycles. The lowest BCUT2D eigenvalue weighted by molar-refractivity contribution is -0.0206. The maximum absolute atomic E-state index is 15.0. The third kappa shape index (κ3) is 8.90. The van der Waals surface area contributed by atoms with Gasteiger partial charge in [-0.2, -0.15) is 5.10 Å². The molecule has 4 heterocycles. The van der Waals surface area contributed by atoms with Crippen LogP contribution in [0, 0.1) is 17.6 Å². The molecule has 5 atom stereocenters. The average molecular weight is 807 g/mol. The molecule has 1 N–H and O–H groups in total. The Bertz CT molecular complexity index is 2140. The summed E-state index contributed by atoms with van der Waals surface area (Å²) in [5, 5.41) is 5.94. The van der Waals surface area contributed by atoms with Gasteiger partial charge in [-0.3, -0.25) is 9.91 Å². The van der Waals surface area contributed by atoms with Crippen LogP contribution in [0.25, 0.3) is 0 Å². The lowest BCUT2D eigenvalue weighted by Crippen LogP contribution is -2.50. The average Bonchev–Trinajstić information content (AvgIpc) is 4.00. The number of carbonyl (C=O) groups is 1. The second kappa shape index (κ2) is 17.7. The summed E-state index contributed by atoms with van der Waals surface area (Å²) in [6.45, 7) is 11.1. The van der Waals surface area contributed by atoms with E-state index in [1.54, 1.807) is 16.0 Å². The van der Waals surface area contributed by atoms with Crippen LogP contribution in [0.1, 0.15) is 44.7 Å². The van der Waals surface area contributed by atoms with Crippen LogP contribution >= 0.6 is 0 Å². The molecule has 3 aliphatic rings. The van der Waals surface area contributed by atoms with Gasteiger partial charge in [-0.1, -0.05) is 43.3 Å². The number of ether oxygens (including phenoxy) is 3. The third-order valence-electron chi connectivity index (χ3n) is 11.8. The van der Waals surface area contributed by atoms with Crippen molar-refractivity contribution < 1.29 is 27.8 Å². The smallest absolute Gasteiger partial charge is 0.340 e. The van der Waals surface area contributed by atoms with E-state index in [4.69, 9.17) is 14.2 Å². The second-order valence-electron chi connectivity index (χ2n) is 15.7. The first-order valence-electron chi connectivity index (χ1n) is 20.5. The summed E-state index contributed by atoms with van der Waals surface area (Å²) in [4.78, 5) is 24.4. The summed E-state index contributed by atoms with van der Waals surface area (Å²) in [6, 6.07) is 29.9. The van der Waals surface area contributed by atoms with Crippen molar-refractivity contribution >= 4 is 23.1 Å². The van der Waals surface area contributed by atoms with Crippen molar-refractivity contribution in [2.45, 2.75) is 70.7 Å². The molecular formula is C45H52F2N8O4. The number of nitrogens with zero attached hydrogens (tertiary/aromatic N) is 7. The van der Waals surface area contributed by atoms with Gasteiger partial charge in [0.2, 0.25) is 0 Å². The van der Waals surface area contributed by atoms with Gasteiger partial charge >= 0.3 is 6.03 Å². The molecule has 3 saturated heterocycles. The van der Waals surface area contributed by atoms with E-state index in [-0.39, 0.29) is 36.8 Å². The van der Waals surface area contributed by atoms with Crippen molar-refractivity contribution in [1.82, 2.24) is 25.2 Å². The molecule has 14 heteroatoms. The number of urea groups is 1. The zero-order valence-electron chi connectivity index (χ0n) is 33.8. The highest BCUT2D eigenvalue weighted by molar-refractivity contribution is 5.94. The van der Waals surface area contributed by atoms with Crippen molar-refractivity contribution in [2.75, 3.05) is 54.1 Å². The van der Waals surface area contributed by atoms with Gasteiger partial charge in [0.25, 0.3) is 0 Å². The Labute approximate surface area is 344 Å². The molecule has 310 valence electrons. The van der Waals surface area contributed by atoms with Gasteiger partial charge in [-0.05, 0) is 86.8 Å². The zero-order chi connectivity index (χ0) is 40.9. The lowest BCUT2D eigenvalue weighted by atomic mass is 9.87. The number of aromatic nitrogens is 3. The van der Waals surface area contributed by atoms with Crippen LogP contribution in [0.15, 0.2) is 110 Å². The Morgan fingerprint density at radius 3 is 2.24 bits per heavy atom. The Morgan fingerprint density at radius 1 is 0.915 bits per heavy atom. The summed E-state index contributed by atoms with van der Waals surface area (Å²) < 4.78 is 49.1. The predicted molar refractivity (Wildman–Crippen MR) is 222 cm³/mol. The number of hydrogen-bond acceptors (Lipinski definition) is 9. The highest BCUT2D eigenvalue weighted by Gasteiger charge is 2.45. The summed E-state index contributed by atoms with van der Waals surface area (Å²) in [6.07, 6.45) is 3.87. The molecule has 1 aromatic heterocycles. The van der Waals surface area contributed by atoms with E-state index >= 15 is 4.39 Å². The van der Waals surface area contributed by atoms with Gasteiger partial charge in [0.1, 0.15) is 41.8 Å². The minimum absolute atomic E-state index is 0.0110. The van der Waals surface area contributed by atoms with Gasteiger partial charge in [-0.25, -0.2) is 28.7 Å². The molecule has 0 radical (unpaired) electrons. The fraction of sp³-hybridized carbons (Fsp3) is 0.400. The van der Waals surface area contributed by atoms with Crippen LogP contribution in [0.4, 0.5) is 30.6 Å². The van der Waals surface area contributed by atoms with Crippen LogP contribution in [0.2, 0.25) is 0 Å². The highest BCUT2D eigenvalue weighted by atomic mass is 19.1. The molecule has 3 aliphatic heterocycles. The zero-order valence-corrected chi connectivity index (χ0v) is 33.8. The molecule has 3 fully saturated rings. The summed E-state index contributed by atoms with van der Waals surface area (Å²) >= 11 is 0. The van der Waals surface area contributed by atoms with E-state index in [0.717, 1.165) is 67.0 Å². The maximum atomic E-state index is 15.0. The van der Waals surface area contributed by atoms with Crippen molar-refractivity contribution in [2.24, 2.45) is 5.92 Å². The van der Waals surface area contributed by atoms with Crippen molar-refractivity contribution in [3.05, 3.63) is 132 Å². The molecule has 0 saturated carbocycles. The molecule has 0 spiro atoms. The van der Waals surface area contributed by atoms with Crippen LogP contribution in [0.5, 0.6) is 5.75 Å². The monoisotopic (exact) mass is 806 g/mol. The highest BCUT2D eigenvalue weighted by Crippen LogP contribution is 2.42. The van der Waals surface area contributed by atoms with Crippen LogP contribution in [-0.4, -0.2) is 83.5 Å². The van der Waals surface area contributed by atoms with Crippen molar-refractivity contribution in [3.8, 4) is 5.75 Å². The fourth-order valence-electron chi connectivity index (χ4n) is 8.61. The molecule has 0 bridgehead atoms. The number of hydrogen-bond donors (Lipinski definition) is 1. The van der Waals surface area contributed by atoms with E-state index < -0.39 is 17.2 Å². The molecule has 8 rings (SSSR count). The maximum Gasteiger partial charge on any atom is 0.340 e. The number of carbonyl (C=O) groups excluding carboxylic acids is 1. The first-order chi connectivity index (χ1) is 28.7. The van der Waals surface area contributed by atoms with Crippen molar-refractivity contribution in [1.29, 1.82) is 0 Å². The third-order valence-corrected chi connectivity index (χ3v) is 11.8. The predicted octanol–water partition coefficient (Wildman–Crippen LogP) is 7.37. The quantitative estimate of drug-likeness (QED) is 0.116. The topological polar surface area (TPSA) is 100 Å². The SMILES string of the molecule is CC[C@@H]([C@H](C)OCc1ccccc1)N1NC(C)N(c2ccc(N3CCN(c4ccc(OC[C@@H]5CO[C@@](Cn6cncn6)(c6ccc(F)cc6F)C5)cc4)CC3)cc2)C1=O. The molecule has 5 aromatic rings. The van der Waals surface area contributed by atoms with E-state index in [1.165, 1.54) is 18.5 Å². The largest absolute Gasteiger partial charge is 0.493 e. The van der Waals surface area contributed by atoms with Gasteiger partial charge in [0, 0.05) is 60.8 Å². The minimum atomic E-state index is -1.02. The molecule has 1 unspecified atom stereocenters. The van der Waals surface area contributed by atoms with E-state index in [9.17, 15) is 9.18 Å². The number of amides is 2. The first-order valence-corrected chi connectivity index (χ1v) is 20.5. The molecule has 59 heavy (non-hydrogen) atoms. The molecular weight excluding hydrogens is 755 g/mol. The van der Waals surface area contributed by atoms with E-state index in [0.29, 0.717) is 31.8 Å². The van der Waals surface area contributed by atoms with Gasteiger partial charge in [0.05, 0.1) is 38.5 Å². The number of anilines is 3. The number of benzene rings is 4. The lowest BCUT2D eigenvalue weighted by Gasteiger charge is -2.37. The standard InChI is InChI=1S/C45H52F2N8O4/c1-4-43(32(2)57-26-34-8-6-5-7-9-34)55-44(56)54(33(3)50-55)39-13-11-37(12-14-39)51-20-22-52(23-21-51)38-15-17-40(18-16-38)58-27-35-25-45(59-28-35,29-53-31-48-30-49-53)41-19-10-36(46)24-42(41)47/h5-19,24,30-33,35,43,50H,4,20-23,25-29H2,1-3H3/t32-,33?,35+,43-,45-/m0/s1. The van der Waals surface area contributed by atoms with Gasteiger partial charge in [-0.15, -0.1) is 0 Å². The Morgan fingerprint density at radius 2 is 1.59 bits per heavy atom. The van der Waals surface area contributed by atoms with Crippen molar-refractivity contribution in [3.63, 3.8) is 0 Å². The number of rotatable bonds is 15. The van der Waals surface area contributed by atoms with Crippen LogP contribution < -0.4 is 24.9 Å². The normalized spacial score (nSPS) is 21.9. The summed E-state index contributed by atoms with van der Waals surface area (Å²) in [5.74, 6) is -0.545. The summed E-state index contributed by atoms with van der Waals surface area (Å²) in [7, 11) is 0. The number of halogens is 2. The molecule has 0 aliphatic carbocycles. The number of nitrogens with one attached hydrogen (secondary N) is 1. The first kappa shape index (κ1) is 40.2. The second-order valence-corrected chi connectivity index (χ2v) is 15.7. The minimum Gasteiger partial charge on any atom is -0.493 e. The van der Waals surface area contributed by atoms with Gasteiger partial charge in [0.15, 0.2) is 0 Å². The Hall–Kier alpha value is -5.57. The van der Waals surface area contributed by atoms with Crippen LogP contribution in [0.3, 0.4) is 0 Å².